The molecule has 0 atom stereocenters. The Morgan fingerprint density at radius 1 is 1.04 bits per heavy atom. The summed E-state index contributed by atoms with van der Waals surface area (Å²) in [6, 6.07) is 13.3. The van der Waals surface area contributed by atoms with E-state index in [1.54, 1.807) is 24.3 Å². The summed E-state index contributed by atoms with van der Waals surface area (Å²) in [6.45, 7) is -0.141. The van der Waals surface area contributed by atoms with Gasteiger partial charge < -0.3 is 15.1 Å². The van der Waals surface area contributed by atoms with Gasteiger partial charge in [-0.3, -0.25) is 0 Å². The zero-order valence-electron chi connectivity index (χ0n) is 13.9. The maximum absolute atomic E-state index is 12.9. The Morgan fingerprint density at radius 3 is 2.44 bits per heavy atom. The first-order valence-corrected chi connectivity index (χ1v) is 9.47. The van der Waals surface area contributed by atoms with Crippen molar-refractivity contribution in [1.82, 2.24) is 15.5 Å². The third kappa shape index (κ3) is 5.11. The van der Waals surface area contributed by atoms with E-state index >= 15 is 0 Å². The smallest absolute Gasteiger partial charge is 0.335 e. The lowest BCUT2D eigenvalue weighted by molar-refractivity contribution is 0.250. The lowest BCUT2D eigenvalue weighted by atomic mass is 10.2. The molecule has 0 radical (unpaired) electrons. The average Bonchev–Trinajstić information content (AvgIpc) is 3.13. The number of para-hydroxylation sites is 1. The first-order chi connectivity index (χ1) is 12.9. The van der Waals surface area contributed by atoms with Gasteiger partial charge in [0.15, 0.2) is 0 Å². The van der Waals surface area contributed by atoms with Crippen molar-refractivity contribution < 1.29 is 22.0 Å². The van der Waals surface area contributed by atoms with Crippen molar-refractivity contribution in [3.63, 3.8) is 0 Å². The van der Waals surface area contributed by atoms with Crippen LogP contribution in [0.25, 0.3) is 0 Å². The zero-order valence-corrected chi connectivity index (χ0v) is 14.7. The van der Waals surface area contributed by atoms with Crippen LogP contribution >= 0.6 is 0 Å². The van der Waals surface area contributed by atoms with Crippen molar-refractivity contribution in [2.24, 2.45) is 0 Å². The molecule has 0 bridgehead atoms. The fraction of sp³-hybridized carbons (Fsp3) is 0.118. The lowest BCUT2D eigenvalue weighted by Gasteiger charge is -2.05. The highest BCUT2D eigenvalue weighted by molar-refractivity contribution is 7.90. The number of carbonyl (C=O) groups is 1. The van der Waals surface area contributed by atoms with E-state index in [-0.39, 0.29) is 12.4 Å². The summed E-state index contributed by atoms with van der Waals surface area (Å²) in [5.74, 6) is -0.927. The molecular weight excluding hydrogens is 375 g/mol. The largest absolute Gasteiger partial charge is 0.411 e. The summed E-state index contributed by atoms with van der Waals surface area (Å²) in [7, 11) is -3.88. The Balaban J connectivity index is 1.58. The molecule has 0 saturated heterocycles. The standard InChI is InChI=1S/C17H15FN4O4S/c18-13-8-6-12(7-9-13)11-27(24,25)17-22-21-15(26-17)10-19-16(23)20-14-4-2-1-3-5-14/h1-9H,10-11H2,(H2,19,20,23). The molecule has 2 amide bonds. The van der Waals surface area contributed by atoms with Crippen molar-refractivity contribution >= 4 is 21.6 Å². The van der Waals surface area contributed by atoms with Gasteiger partial charge in [-0.05, 0) is 29.8 Å². The van der Waals surface area contributed by atoms with E-state index < -0.39 is 32.7 Å². The SMILES string of the molecule is O=C(NCc1nnc(S(=O)(=O)Cc2ccc(F)cc2)o1)Nc1ccccc1. The molecule has 3 rings (SSSR count). The molecule has 0 aliphatic rings. The predicted molar refractivity (Wildman–Crippen MR) is 93.9 cm³/mol. The van der Waals surface area contributed by atoms with E-state index in [0.717, 1.165) is 0 Å². The third-order valence-electron chi connectivity index (χ3n) is 3.42. The number of aromatic nitrogens is 2. The van der Waals surface area contributed by atoms with Crippen LogP contribution in [0.5, 0.6) is 0 Å². The minimum absolute atomic E-state index is 0.0594. The third-order valence-corrected chi connectivity index (χ3v) is 4.83. The Kier molecular flexibility index (Phi) is 5.46. The van der Waals surface area contributed by atoms with Crippen LogP contribution in [0, 0.1) is 5.82 Å². The number of benzene rings is 2. The second kappa shape index (κ2) is 7.96. The van der Waals surface area contributed by atoms with Gasteiger partial charge in [0.1, 0.15) is 5.82 Å². The number of sulfone groups is 1. The van der Waals surface area contributed by atoms with E-state index in [1.807, 2.05) is 6.07 Å². The van der Waals surface area contributed by atoms with E-state index in [4.69, 9.17) is 4.42 Å². The number of nitrogens with zero attached hydrogens (tertiary/aromatic N) is 2. The van der Waals surface area contributed by atoms with Gasteiger partial charge in [-0.15, -0.1) is 5.10 Å². The number of carbonyl (C=O) groups excluding carboxylic acids is 1. The fourth-order valence-electron chi connectivity index (χ4n) is 2.15. The number of urea groups is 1. The second-order valence-electron chi connectivity index (χ2n) is 5.52. The Morgan fingerprint density at radius 2 is 1.74 bits per heavy atom. The van der Waals surface area contributed by atoms with Crippen LogP contribution < -0.4 is 10.6 Å². The van der Waals surface area contributed by atoms with E-state index in [2.05, 4.69) is 20.8 Å². The second-order valence-corrected chi connectivity index (χ2v) is 7.39. The summed E-state index contributed by atoms with van der Waals surface area (Å²) in [6.07, 6.45) is 0. The van der Waals surface area contributed by atoms with Crippen LogP contribution in [0.1, 0.15) is 11.5 Å². The van der Waals surface area contributed by atoms with Crippen LogP contribution in [-0.4, -0.2) is 24.6 Å². The van der Waals surface area contributed by atoms with Crippen molar-refractivity contribution in [2.45, 2.75) is 17.5 Å². The van der Waals surface area contributed by atoms with Gasteiger partial charge in [-0.1, -0.05) is 35.4 Å². The summed E-state index contributed by atoms with van der Waals surface area (Å²) >= 11 is 0. The number of rotatable bonds is 6. The summed E-state index contributed by atoms with van der Waals surface area (Å²) in [4.78, 5) is 11.8. The summed E-state index contributed by atoms with van der Waals surface area (Å²) in [5, 5.41) is 11.7. The lowest BCUT2D eigenvalue weighted by Crippen LogP contribution is -2.28. The van der Waals surface area contributed by atoms with Crippen molar-refractivity contribution in [3.8, 4) is 0 Å². The average molecular weight is 390 g/mol. The first kappa shape index (κ1) is 18.5. The van der Waals surface area contributed by atoms with Gasteiger partial charge in [-0.2, -0.15) is 0 Å². The van der Waals surface area contributed by atoms with Crippen LogP contribution in [0.3, 0.4) is 0 Å². The molecule has 0 saturated carbocycles. The number of hydrogen-bond donors (Lipinski definition) is 2. The Labute approximate surface area is 154 Å². The predicted octanol–water partition coefficient (Wildman–Crippen LogP) is 2.50. The van der Waals surface area contributed by atoms with Gasteiger partial charge in [0.2, 0.25) is 15.7 Å². The molecule has 0 unspecified atom stereocenters. The van der Waals surface area contributed by atoms with Gasteiger partial charge in [0.05, 0.1) is 12.3 Å². The zero-order chi connectivity index (χ0) is 19.3. The minimum atomic E-state index is -3.88. The van der Waals surface area contributed by atoms with Gasteiger partial charge in [0.25, 0.3) is 0 Å². The molecule has 8 nitrogen and oxygen atoms in total. The molecule has 140 valence electrons. The molecule has 0 aliphatic carbocycles. The molecule has 1 heterocycles. The number of amides is 2. The molecule has 3 aromatic rings. The monoisotopic (exact) mass is 390 g/mol. The highest BCUT2D eigenvalue weighted by Crippen LogP contribution is 2.16. The molecule has 10 heteroatoms. The first-order valence-electron chi connectivity index (χ1n) is 7.82. The molecule has 1 aromatic heterocycles. The number of nitrogens with one attached hydrogen (secondary N) is 2. The number of anilines is 1. The molecule has 2 aromatic carbocycles. The summed E-state index contributed by atoms with van der Waals surface area (Å²) in [5.41, 5.74) is 0.986. The van der Waals surface area contributed by atoms with Gasteiger partial charge in [0, 0.05) is 5.69 Å². The summed E-state index contributed by atoms with van der Waals surface area (Å²) < 4.78 is 42.6. The molecule has 0 fully saturated rings. The van der Waals surface area contributed by atoms with E-state index in [1.165, 1.54) is 24.3 Å². The Hall–Kier alpha value is -3.27. The maximum atomic E-state index is 12.9. The Bertz CT molecular complexity index is 1020. The fourth-order valence-corrected chi connectivity index (χ4v) is 3.29. The highest BCUT2D eigenvalue weighted by atomic mass is 32.2. The van der Waals surface area contributed by atoms with E-state index in [0.29, 0.717) is 11.3 Å². The molecule has 0 aliphatic heterocycles. The van der Waals surface area contributed by atoms with Crippen LogP contribution in [-0.2, 0) is 22.1 Å². The molecule has 0 spiro atoms. The molecular formula is C17H15FN4O4S. The van der Waals surface area contributed by atoms with Gasteiger partial charge >= 0.3 is 11.3 Å². The maximum Gasteiger partial charge on any atom is 0.335 e. The topological polar surface area (TPSA) is 114 Å². The van der Waals surface area contributed by atoms with Crippen LogP contribution in [0.2, 0.25) is 0 Å². The van der Waals surface area contributed by atoms with Crippen LogP contribution in [0.4, 0.5) is 14.9 Å². The quantitative estimate of drug-likeness (QED) is 0.668. The minimum Gasteiger partial charge on any atom is -0.411 e. The van der Waals surface area contributed by atoms with E-state index in [9.17, 15) is 17.6 Å². The van der Waals surface area contributed by atoms with Gasteiger partial charge in [-0.25, -0.2) is 17.6 Å². The highest BCUT2D eigenvalue weighted by Gasteiger charge is 2.23. The normalized spacial score (nSPS) is 11.1. The van der Waals surface area contributed by atoms with Crippen LogP contribution in [0.15, 0.2) is 64.2 Å². The van der Waals surface area contributed by atoms with Crippen molar-refractivity contribution in [2.75, 3.05) is 5.32 Å². The molecule has 2 N–H and O–H groups in total. The number of halogens is 1. The number of hydrogen-bond acceptors (Lipinski definition) is 6. The molecule has 27 heavy (non-hydrogen) atoms. The van der Waals surface area contributed by atoms with Crippen molar-refractivity contribution in [3.05, 3.63) is 71.9 Å². The van der Waals surface area contributed by atoms with Crippen molar-refractivity contribution in [1.29, 1.82) is 0 Å².